The zero-order chi connectivity index (χ0) is 14.1. The summed E-state index contributed by atoms with van der Waals surface area (Å²) < 4.78 is 14.3. The molecule has 3 rings (SSSR count). The van der Waals surface area contributed by atoms with Crippen LogP contribution < -0.4 is 0 Å². The van der Waals surface area contributed by atoms with Crippen molar-refractivity contribution >= 4 is 21.8 Å². The van der Waals surface area contributed by atoms with E-state index in [1.165, 1.54) is 12.8 Å². The van der Waals surface area contributed by atoms with Gasteiger partial charge in [-0.25, -0.2) is 4.39 Å². The standard InChI is InChI=1S/C15H18BrFN2O/c16-13-5-3-4-12(14(13)17)15(20)19-9-6-11(10-19)18-7-1-2-8-18/h3-5,11H,1-2,6-10H2. The first-order valence-electron chi connectivity index (χ1n) is 7.14. The third-order valence-corrected chi connectivity index (χ3v) is 4.90. The zero-order valence-electron chi connectivity index (χ0n) is 11.3. The van der Waals surface area contributed by atoms with Crippen molar-refractivity contribution in [2.45, 2.75) is 25.3 Å². The molecule has 0 N–H and O–H groups in total. The van der Waals surface area contributed by atoms with Crippen molar-refractivity contribution in [2.24, 2.45) is 0 Å². The Hall–Kier alpha value is -0.940. The van der Waals surface area contributed by atoms with Crippen LogP contribution >= 0.6 is 15.9 Å². The monoisotopic (exact) mass is 340 g/mol. The van der Waals surface area contributed by atoms with E-state index in [4.69, 9.17) is 0 Å². The largest absolute Gasteiger partial charge is 0.337 e. The van der Waals surface area contributed by atoms with Crippen LogP contribution in [0.2, 0.25) is 0 Å². The van der Waals surface area contributed by atoms with E-state index in [0.717, 1.165) is 32.6 Å². The minimum Gasteiger partial charge on any atom is -0.337 e. The molecule has 0 aromatic heterocycles. The molecule has 0 saturated carbocycles. The Balaban J connectivity index is 1.70. The van der Waals surface area contributed by atoms with Crippen molar-refractivity contribution < 1.29 is 9.18 Å². The highest BCUT2D eigenvalue weighted by atomic mass is 79.9. The predicted octanol–water partition coefficient (Wildman–Crippen LogP) is 2.90. The molecule has 2 heterocycles. The molecule has 2 aliphatic rings. The van der Waals surface area contributed by atoms with Crippen LogP contribution in [-0.4, -0.2) is 47.9 Å². The normalized spacial score (nSPS) is 23.5. The molecule has 20 heavy (non-hydrogen) atoms. The molecule has 1 unspecified atom stereocenters. The lowest BCUT2D eigenvalue weighted by atomic mass is 10.2. The van der Waals surface area contributed by atoms with Gasteiger partial charge in [-0.2, -0.15) is 0 Å². The second-order valence-electron chi connectivity index (χ2n) is 5.54. The molecular formula is C15H18BrFN2O. The van der Waals surface area contributed by atoms with Crippen molar-refractivity contribution in [1.29, 1.82) is 0 Å². The van der Waals surface area contributed by atoms with E-state index < -0.39 is 5.82 Å². The molecule has 0 aliphatic carbocycles. The summed E-state index contributed by atoms with van der Waals surface area (Å²) in [6, 6.07) is 5.33. The first-order valence-corrected chi connectivity index (χ1v) is 7.93. The Morgan fingerprint density at radius 2 is 2.00 bits per heavy atom. The van der Waals surface area contributed by atoms with E-state index in [2.05, 4.69) is 20.8 Å². The van der Waals surface area contributed by atoms with E-state index in [9.17, 15) is 9.18 Å². The Kier molecular flexibility index (Phi) is 4.08. The highest BCUT2D eigenvalue weighted by Crippen LogP contribution is 2.24. The van der Waals surface area contributed by atoms with Gasteiger partial charge in [-0.05, 0) is 60.4 Å². The van der Waals surface area contributed by atoms with Crippen LogP contribution in [0.5, 0.6) is 0 Å². The van der Waals surface area contributed by atoms with Gasteiger partial charge in [-0.3, -0.25) is 9.69 Å². The van der Waals surface area contributed by atoms with Gasteiger partial charge < -0.3 is 4.90 Å². The molecule has 2 saturated heterocycles. The first kappa shape index (κ1) is 14.0. The molecule has 1 atom stereocenters. The maximum atomic E-state index is 14.0. The second-order valence-corrected chi connectivity index (χ2v) is 6.39. The molecule has 1 aromatic rings. The molecule has 5 heteroatoms. The van der Waals surface area contributed by atoms with Crippen molar-refractivity contribution in [3.63, 3.8) is 0 Å². The summed E-state index contributed by atoms with van der Waals surface area (Å²) in [7, 11) is 0. The molecule has 108 valence electrons. The fourth-order valence-corrected chi connectivity index (χ4v) is 3.54. The third-order valence-electron chi connectivity index (χ3n) is 4.29. The molecule has 2 fully saturated rings. The number of carbonyl (C=O) groups is 1. The van der Waals surface area contributed by atoms with Gasteiger partial charge in [0.25, 0.3) is 5.91 Å². The lowest BCUT2D eigenvalue weighted by molar-refractivity contribution is 0.0775. The van der Waals surface area contributed by atoms with Gasteiger partial charge in [0.2, 0.25) is 0 Å². The topological polar surface area (TPSA) is 23.6 Å². The Morgan fingerprint density at radius 3 is 2.75 bits per heavy atom. The van der Waals surface area contributed by atoms with Gasteiger partial charge in [-0.1, -0.05) is 6.07 Å². The van der Waals surface area contributed by atoms with E-state index in [0.29, 0.717) is 10.5 Å². The summed E-state index contributed by atoms with van der Waals surface area (Å²) in [5.74, 6) is -0.646. The molecular weight excluding hydrogens is 323 g/mol. The number of hydrogen-bond donors (Lipinski definition) is 0. The summed E-state index contributed by atoms with van der Waals surface area (Å²) in [4.78, 5) is 16.7. The minimum atomic E-state index is -0.456. The lowest BCUT2D eigenvalue weighted by Gasteiger charge is -2.23. The highest BCUT2D eigenvalue weighted by molar-refractivity contribution is 9.10. The van der Waals surface area contributed by atoms with Crippen molar-refractivity contribution in [3.8, 4) is 0 Å². The van der Waals surface area contributed by atoms with Gasteiger partial charge in [0.15, 0.2) is 0 Å². The number of carbonyl (C=O) groups excluding carboxylic acids is 1. The van der Waals surface area contributed by atoms with E-state index >= 15 is 0 Å². The number of rotatable bonds is 2. The van der Waals surface area contributed by atoms with Gasteiger partial charge >= 0.3 is 0 Å². The van der Waals surface area contributed by atoms with Gasteiger partial charge in [-0.15, -0.1) is 0 Å². The number of halogens is 2. The molecule has 0 radical (unpaired) electrons. The minimum absolute atomic E-state index is 0.168. The van der Waals surface area contributed by atoms with Gasteiger partial charge in [0.05, 0.1) is 10.0 Å². The summed E-state index contributed by atoms with van der Waals surface area (Å²) in [6.07, 6.45) is 3.51. The summed E-state index contributed by atoms with van der Waals surface area (Å²) in [6.45, 7) is 3.73. The smallest absolute Gasteiger partial charge is 0.256 e. The van der Waals surface area contributed by atoms with Crippen LogP contribution in [0.25, 0.3) is 0 Å². The quantitative estimate of drug-likeness (QED) is 0.826. The molecule has 3 nitrogen and oxygen atoms in total. The summed E-state index contributed by atoms with van der Waals surface area (Å²) >= 11 is 3.13. The third kappa shape index (κ3) is 2.61. The molecule has 0 spiro atoms. The average Bonchev–Trinajstić information content (AvgIpc) is 3.11. The maximum Gasteiger partial charge on any atom is 0.256 e. The molecule has 1 aromatic carbocycles. The van der Waals surface area contributed by atoms with Crippen LogP contribution in [-0.2, 0) is 0 Å². The van der Waals surface area contributed by atoms with Crippen LogP contribution in [0.1, 0.15) is 29.6 Å². The zero-order valence-corrected chi connectivity index (χ0v) is 12.9. The number of hydrogen-bond acceptors (Lipinski definition) is 2. The van der Waals surface area contributed by atoms with Gasteiger partial charge in [0.1, 0.15) is 5.82 Å². The molecule has 1 amide bonds. The van der Waals surface area contributed by atoms with Crippen molar-refractivity contribution in [1.82, 2.24) is 9.80 Å². The van der Waals surface area contributed by atoms with E-state index in [-0.39, 0.29) is 11.5 Å². The first-order chi connectivity index (χ1) is 9.66. The highest BCUT2D eigenvalue weighted by Gasteiger charge is 2.32. The Bertz CT molecular complexity index is 517. The van der Waals surface area contributed by atoms with E-state index in [1.54, 1.807) is 23.1 Å². The Labute approximate surface area is 126 Å². The summed E-state index contributed by atoms with van der Waals surface area (Å²) in [5, 5.41) is 0. The fourth-order valence-electron chi connectivity index (χ4n) is 3.17. The maximum absolute atomic E-state index is 14.0. The number of amides is 1. The predicted molar refractivity (Wildman–Crippen MR) is 79.2 cm³/mol. The molecule has 2 aliphatic heterocycles. The van der Waals surface area contributed by atoms with Crippen LogP contribution in [0, 0.1) is 5.82 Å². The van der Waals surface area contributed by atoms with Gasteiger partial charge in [0, 0.05) is 19.1 Å². The second kappa shape index (κ2) is 5.82. The lowest BCUT2D eigenvalue weighted by Crippen LogP contribution is -2.37. The fraction of sp³-hybridized carbons (Fsp3) is 0.533. The summed E-state index contributed by atoms with van der Waals surface area (Å²) in [5.41, 5.74) is 0.168. The van der Waals surface area contributed by atoms with Crippen molar-refractivity contribution in [2.75, 3.05) is 26.2 Å². The van der Waals surface area contributed by atoms with Crippen LogP contribution in [0.4, 0.5) is 4.39 Å². The number of benzene rings is 1. The van der Waals surface area contributed by atoms with Crippen LogP contribution in [0.15, 0.2) is 22.7 Å². The average molecular weight is 341 g/mol. The number of likely N-dealkylation sites (tertiary alicyclic amines) is 2. The van der Waals surface area contributed by atoms with Crippen LogP contribution in [0.3, 0.4) is 0 Å². The SMILES string of the molecule is O=C(c1cccc(Br)c1F)N1CCC(N2CCCC2)C1. The molecule has 0 bridgehead atoms. The van der Waals surface area contributed by atoms with E-state index in [1.807, 2.05) is 0 Å². The van der Waals surface area contributed by atoms with Crippen molar-refractivity contribution in [3.05, 3.63) is 34.1 Å². The Morgan fingerprint density at radius 1 is 1.25 bits per heavy atom. The number of nitrogens with zero attached hydrogens (tertiary/aromatic N) is 2.